The van der Waals surface area contributed by atoms with E-state index in [1.165, 1.54) is 0 Å². The summed E-state index contributed by atoms with van der Waals surface area (Å²) >= 11 is 5.12. The number of ether oxygens (including phenoxy) is 1. The van der Waals surface area contributed by atoms with Crippen LogP contribution in [0.25, 0.3) is 0 Å². The van der Waals surface area contributed by atoms with E-state index in [1.54, 1.807) is 12.3 Å². The molecule has 0 aromatic heterocycles. The molecule has 0 unspecified atom stereocenters. The third kappa shape index (κ3) is 4.94. The van der Waals surface area contributed by atoms with Gasteiger partial charge in [-0.3, -0.25) is 0 Å². The van der Waals surface area contributed by atoms with Crippen LogP contribution in [0.2, 0.25) is 0 Å². The summed E-state index contributed by atoms with van der Waals surface area (Å²) in [5.41, 5.74) is 2.12. The van der Waals surface area contributed by atoms with Gasteiger partial charge in [0.15, 0.2) is 5.05 Å². The highest BCUT2D eigenvalue weighted by atomic mass is 32.1. The number of thiocarbonyl (C=S) groups is 1. The molecule has 0 amide bonds. The highest BCUT2D eigenvalue weighted by Crippen LogP contribution is 2.05. The number of rotatable bonds is 5. The van der Waals surface area contributed by atoms with Gasteiger partial charge >= 0.3 is 0 Å². The quantitative estimate of drug-likeness (QED) is 0.650. The number of anilines is 1. The maximum Gasteiger partial charge on any atom is 0.185 e. The number of para-hydroxylation sites is 1. The van der Waals surface area contributed by atoms with Crippen molar-refractivity contribution >= 4 is 23.0 Å². The van der Waals surface area contributed by atoms with Crippen molar-refractivity contribution in [2.45, 2.75) is 6.61 Å². The molecule has 2 aromatic rings. The van der Waals surface area contributed by atoms with Crippen LogP contribution >= 0.6 is 12.2 Å². The van der Waals surface area contributed by atoms with Crippen LogP contribution in [0.4, 0.5) is 5.69 Å². The normalized spacial score (nSPS) is 10.3. The van der Waals surface area contributed by atoms with Crippen molar-refractivity contribution in [2.24, 2.45) is 0 Å². The third-order valence-electron chi connectivity index (χ3n) is 2.47. The molecular weight excluding hydrogens is 254 g/mol. The van der Waals surface area contributed by atoms with Crippen molar-refractivity contribution in [1.82, 2.24) is 0 Å². The first kappa shape index (κ1) is 13.3. The van der Waals surface area contributed by atoms with E-state index in [9.17, 15) is 0 Å². The van der Waals surface area contributed by atoms with Gasteiger partial charge in [0, 0.05) is 18.0 Å². The smallest absolute Gasteiger partial charge is 0.185 e. The Morgan fingerprint density at radius 2 is 1.63 bits per heavy atom. The Balaban J connectivity index is 1.75. The molecule has 2 rings (SSSR count). The Kier molecular flexibility index (Phi) is 5.14. The molecule has 0 saturated carbocycles. The first-order valence-electron chi connectivity index (χ1n) is 6.03. The second-order valence-corrected chi connectivity index (χ2v) is 4.34. The fourth-order valence-corrected chi connectivity index (χ4v) is 1.64. The molecule has 0 fully saturated rings. The van der Waals surface area contributed by atoms with Crippen molar-refractivity contribution < 1.29 is 4.74 Å². The van der Waals surface area contributed by atoms with Crippen LogP contribution < -0.4 is 5.32 Å². The number of hydrogen-bond acceptors (Lipinski definition) is 3. The SMILES string of the molecule is S=C(C=CNc1ccccc1)OCc1ccccc1. The minimum atomic E-state index is 0.465. The van der Waals surface area contributed by atoms with E-state index in [0.717, 1.165) is 11.3 Å². The summed E-state index contributed by atoms with van der Waals surface area (Å²) in [6, 6.07) is 19.8. The van der Waals surface area contributed by atoms with Crippen LogP contribution in [0.3, 0.4) is 0 Å². The molecule has 3 heteroatoms. The Labute approximate surface area is 118 Å². The number of hydrogen-bond donors (Lipinski definition) is 1. The van der Waals surface area contributed by atoms with Gasteiger partial charge in [-0.2, -0.15) is 0 Å². The van der Waals surface area contributed by atoms with Gasteiger partial charge in [0.05, 0.1) is 0 Å². The zero-order valence-corrected chi connectivity index (χ0v) is 11.3. The van der Waals surface area contributed by atoms with Crippen molar-refractivity contribution in [2.75, 3.05) is 5.32 Å². The molecule has 19 heavy (non-hydrogen) atoms. The summed E-state index contributed by atoms with van der Waals surface area (Å²) in [6.07, 6.45) is 3.52. The minimum absolute atomic E-state index is 0.465. The molecular formula is C16H15NOS. The molecule has 0 aliphatic heterocycles. The zero-order chi connectivity index (χ0) is 13.3. The maximum atomic E-state index is 5.47. The first-order valence-corrected chi connectivity index (χ1v) is 6.44. The van der Waals surface area contributed by atoms with Crippen molar-refractivity contribution in [3.8, 4) is 0 Å². The lowest BCUT2D eigenvalue weighted by molar-refractivity contribution is 0.303. The fourth-order valence-electron chi connectivity index (χ4n) is 1.52. The Hall–Kier alpha value is -2.13. The lowest BCUT2D eigenvalue weighted by atomic mass is 10.2. The van der Waals surface area contributed by atoms with Crippen molar-refractivity contribution in [1.29, 1.82) is 0 Å². The molecule has 0 bridgehead atoms. The molecule has 0 atom stereocenters. The van der Waals surface area contributed by atoms with Gasteiger partial charge in [0.2, 0.25) is 0 Å². The number of benzene rings is 2. The first-order chi connectivity index (χ1) is 9.34. The maximum absolute atomic E-state index is 5.47. The number of nitrogens with one attached hydrogen (secondary N) is 1. The molecule has 0 saturated heterocycles. The molecule has 96 valence electrons. The molecule has 2 nitrogen and oxygen atoms in total. The van der Waals surface area contributed by atoms with Gasteiger partial charge in [0.25, 0.3) is 0 Å². The van der Waals surface area contributed by atoms with Gasteiger partial charge in [-0.1, -0.05) is 48.5 Å². The summed E-state index contributed by atoms with van der Waals surface area (Å²) in [7, 11) is 0. The van der Waals surface area contributed by atoms with E-state index >= 15 is 0 Å². The third-order valence-corrected chi connectivity index (χ3v) is 2.72. The topological polar surface area (TPSA) is 21.3 Å². The summed E-state index contributed by atoms with van der Waals surface area (Å²) in [5, 5.41) is 3.59. The van der Waals surface area contributed by atoms with E-state index in [0.29, 0.717) is 11.7 Å². The summed E-state index contributed by atoms with van der Waals surface area (Å²) in [4.78, 5) is 0. The van der Waals surface area contributed by atoms with Crippen LogP contribution in [0.5, 0.6) is 0 Å². The van der Waals surface area contributed by atoms with Crippen molar-refractivity contribution in [3.05, 3.63) is 78.5 Å². The van der Waals surface area contributed by atoms with E-state index in [4.69, 9.17) is 17.0 Å². The van der Waals surface area contributed by atoms with Crippen LogP contribution in [0.15, 0.2) is 72.9 Å². The second-order valence-electron chi connectivity index (χ2n) is 3.94. The van der Waals surface area contributed by atoms with E-state index < -0.39 is 0 Å². The average molecular weight is 269 g/mol. The fraction of sp³-hybridized carbons (Fsp3) is 0.0625. The van der Waals surface area contributed by atoms with Crippen LogP contribution in [0, 0.1) is 0 Å². The molecule has 0 heterocycles. The highest BCUT2D eigenvalue weighted by molar-refractivity contribution is 7.80. The highest BCUT2D eigenvalue weighted by Gasteiger charge is 1.94. The molecule has 2 aromatic carbocycles. The summed E-state index contributed by atoms with van der Waals surface area (Å²) in [6.45, 7) is 0.495. The largest absolute Gasteiger partial charge is 0.478 e. The molecule has 0 aliphatic carbocycles. The Morgan fingerprint density at radius 3 is 2.32 bits per heavy atom. The van der Waals surface area contributed by atoms with Gasteiger partial charge < -0.3 is 10.1 Å². The summed E-state index contributed by atoms with van der Waals surface area (Å²) in [5.74, 6) is 0. The van der Waals surface area contributed by atoms with Gasteiger partial charge in [-0.05, 0) is 29.9 Å². The lowest BCUT2D eigenvalue weighted by Crippen LogP contribution is -1.99. The Morgan fingerprint density at radius 1 is 1.00 bits per heavy atom. The van der Waals surface area contributed by atoms with E-state index in [1.807, 2.05) is 60.7 Å². The van der Waals surface area contributed by atoms with Gasteiger partial charge in [-0.25, -0.2) is 0 Å². The standard InChI is InChI=1S/C16H15NOS/c19-16(18-13-14-7-3-1-4-8-14)11-12-17-15-9-5-2-6-10-15/h1-12,17H,13H2. The Bertz CT molecular complexity index is 537. The van der Waals surface area contributed by atoms with Crippen molar-refractivity contribution in [3.63, 3.8) is 0 Å². The average Bonchev–Trinajstić information content (AvgIpc) is 2.47. The molecule has 0 aliphatic rings. The monoisotopic (exact) mass is 269 g/mol. The van der Waals surface area contributed by atoms with Crippen LogP contribution in [0.1, 0.15) is 5.56 Å². The van der Waals surface area contributed by atoms with Crippen LogP contribution in [-0.4, -0.2) is 5.05 Å². The molecule has 0 spiro atoms. The van der Waals surface area contributed by atoms with Crippen LogP contribution in [-0.2, 0) is 11.3 Å². The van der Waals surface area contributed by atoms with Gasteiger partial charge in [0.1, 0.15) is 6.61 Å². The molecule has 0 radical (unpaired) electrons. The van der Waals surface area contributed by atoms with E-state index in [-0.39, 0.29) is 0 Å². The van der Waals surface area contributed by atoms with Gasteiger partial charge in [-0.15, -0.1) is 0 Å². The predicted molar refractivity (Wildman–Crippen MR) is 83.0 cm³/mol. The minimum Gasteiger partial charge on any atom is -0.478 e. The van der Waals surface area contributed by atoms with E-state index in [2.05, 4.69) is 5.32 Å². The lowest BCUT2D eigenvalue weighted by Gasteiger charge is -2.04. The molecule has 1 N–H and O–H groups in total. The second kappa shape index (κ2) is 7.34. The predicted octanol–water partition coefficient (Wildman–Crippen LogP) is 4.16. The summed E-state index contributed by atoms with van der Waals surface area (Å²) < 4.78 is 5.47. The zero-order valence-electron chi connectivity index (χ0n) is 10.5.